The van der Waals surface area contributed by atoms with E-state index in [0.717, 1.165) is 5.52 Å². The molecule has 0 aliphatic heterocycles. The van der Waals surface area contributed by atoms with Gasteiger partial charge in [-0.05, 0) is 36.8 Å². The summed E-state index contributed by atoms with van der Waals surface area (Å²) in [5.74, 6) is -0.933. The Labute approximate surface area is 172 Å². The van der Waals surface area contributed by atoms with Crippen LogP contribution in [0.1, 0.15) is 25.2 Å². The van der Waals surface area contributed by atoms with E-state index in [1.165, 1.54) is 13.8 Å². The number of imidazole rings is 1. The molecule has 1 aromatic heterocycles. The van der Waals surface area contributed by atoms with Crippen LogP contribution in [0.4, 0.5) is 5.69 Å². The van der Waals surface area contributed by atoms with Crippen LogP contribution in [0.3, 0.4) is 0 Å². The van der Waals surface area contributed by atoms with E-state index >= 15 is 0 Å². The highest BCUT2D eigenvalue weighted by Crippen LogP contribution is 2.21. The first-order valence-corrected chi connectivity index (χ1v) is 9.21. The number of nitriles is 1. The van der Waals surface area contributed by atoms with E-state index < -0.39 is 12.1 Å². The number of carbonyl (C=O) groups is 2. The molecule has 152 valence electrons. The highest BCUT2D eigenvalue weighted by Gasteiger charge is 2.21. The molecule has 8 nitrogen and oxygen atoms in total. The number of para-hydroxylation sites is 2. The largest absolute Gasteiger partial charge is 0.507 e. The smallest absolute Gasteiger partial charge is 0.310 e. The molecule has 3 N–H and O–H groups in total. The van der Waals surface area contributed by atoms with Crippen molar-refractivity contribution in [3.8, 4) is 6.07 Å². The number of hydrogen-bond acceptors (Lipinski definition) is 6. The zero-order valence-electron chi connectivity index (χ0n) is 16.5. The molecule has 0 radical (unpaired) electrons. The number of aliphatic hydroxyl groups is 1. The van der Waals surface area contributed by atoms with Crippen molar-refractivity contribution < 1.29 is 19.4 Å². The second kappa shape index (κ2) is 8.92. The number of ether oxygens (including phenoxy) is 1. The summed E-state index contributed by atoms with van der Waals surface area (Å²) in [6.07, 6.45) is -1.05. The summed E-state index contributed by atoms with van der Waals surface area (Å²) >= 11 is 0. The van der Waals surface area contributed by atoms with Crippen LogP contribution in [-0.2, 0) is 20.7 Å². The third-order valence-electron chi connectivity index (χ3n) is 4.31. The molecule has 2 aromatic carbocycles. The number of nitrogens with zero attached hydrogens (tertiary/aromatic N) is 2. The van der Waals surface area contributed by atoms with Crippen LogP contribution in [0.15, 0.2) is 54.3 Å². The predicted octanol–water partition coefficient (Wildman–Crippen LogP) is 3.49. The summed E-state index contributed by atoms with van der Waals surface area (Å²) in [5, 5.41) is 22.6. The van der Waals surface area contributed by atoms with Gasteiger partial charge in [0.05, 0.1) is 17.5 Å². The average molecular weight is 404 g/mol. The summed E-state index contributed by atoms with van der Waals surface area (Å²) in [5.41, 5.74) is 2.59. The van der Waals surface area contributed by atoms with Crippen molar-refractivity contribution in [3.63, 3.8) is 0 Å². The molecule has 1 atom stereocenters. The Morgan fingerprint density at radius 2 is 1.93 bits per heavy atom. The van der Waals surface area contributed by atoms with Crippen LogP contribution in [0.5, 0.6) is 0 Å². The highest BCUT2D eigenvalue weighted by molar-refractivity contribution is 5.88. The molecule has 0 saturated carbocycles. The lowest BCUT2D eigenvalue weighted by atomic mass is 10.1. The molecule has 0 fully saturated rings. The lowest BCUT2D eigenvalue weighted by molar-refractivity contribution is -0.146. The van der Waals surface area contributed by atoms with Crippen molar-refractivity contribution >= 4 is 34.2 Å². The number of fused-ring (bicyclic) bond motifs is 1. The molecule has 0 saturated heterocycles. The van der Waals surface area contributed by atoms with Crippen LogP contribution in [0.25, 0.3) is 16.6 Å². The van der Waals surface area contributed by atoms with Crippen molar-refractivity contribution in [3.05, 3.63) is 65.7 Å². The first-order valence-electron chi connectivity index (χ1n) is 9.21. The number of rotatable bonds is 6. The van der Waals surface area contributed by atoms with Crippen molar-refractivity contribution in [2.45, 2.75) is 26.4 Å². The van der Waals surface area contributed by atoms with Crippen LogP contribution in [0, 0.1) is 11.3 Å². The van der Waals surface area contributed by atoms with Gasteiger partial charge >= 0.3 is 5.97 Å². The number of anilines is 1. The fourth-order valence-electron chi connectivity index (χ4n) is 2.88. The lowest BCUT2D eigenvalue weighted by Crippen LogP contribution is -2.19. The van der Waals surface area contributed by atoms with Crippen LogP contribution < -0.4 is 5.32 Å². The quantitative estimate of drug-likeness (QED) is 0.328. The highest BCUT2D eigenvalue weighted by atomic mass is 16.6. The number of esters is 1. The second-order valence-corrected chi connectivity index (χ2v) is 6.66. The van der Waals surface area contributed by atoms with Gasteiger partial charge in [-0.15, -0.1) is 0 Å². The molecule has 0 aliphatic rings. The number of nitrogens with one attached hydrogen (secondary N) is 2. The molecule has 0 aliphatic carbocycles. The number of carbonyl (C=O) groups excluding carboxylic acids is 2. The van der Waals surface area contributed by atoms with Gasteiger partial charge in [-0.3, -0.25) is 9.59 Å². The minimum absolute atomic E-state index is 0.0233. The van der Waals surface area contributed by atoms with Crippen molar-refractivity contribution in [1.29, 1.82) is 5.26 Å². The molecule has 0 spiro atoms. The van der Waals surface area contributed by atoms with E-state index in [1.807, 2.05) is 18.2 Å². The van der Waals surface area contributed by atoms with Crippen LogP contribution in [0.2, 0.25) is 0 Å². The summed E-state index contributed by atoms with van der Waals surface area (Å²) in [6, 6.07) is 15.9. The fourth-order valence-corrected chi connectivity index (χ4v) is 2.88. The topological polar surface area (TPSA) is 128 Å². The van der Waals surface area contributed by atoms with Gasteiger partial charge in [0.25, 0.3) is 0 Å². The SMILES string of the molecule is CC(=O)Nc1ccc(CC(=O)O[C@@H](C)/C(O)=C(\C#N)c2nc3ccccc3[nH]2)cc1. The maximum Gasteiger partial charge on any atom is 0.310 e. The van der Waals surface area contributed by atoms with Crippen LogP contribution in [-0.4, -0.2) is 33.1 Å². The third-order valence-corrected chi connectivity index (χ3v) is 4.31. The van der Waals surface area contributed by atoms with Crippen molar-refractivity contribution in [2.75, 3.05) is 5.32 Å². The van der Waals surface area contributed by atoms with E-state index in [2.05, 4.69) is 15.3 Å². The molecule has 30 heavy (non-hydrogen) atoms. The Morgan fingerprint density at radius 1 is 1.23 bits per heavy atom. The van der Waals surface area contributed by atoms with Crippen LogP contribution >= 0.6 is 0 Å². The maximum atomic E-state index is 12.2. The number of hydrogen-bond donors (Lipinski definition) is 3. The Hall–Kier alpha value is -4.12. The lowest BCUT2D eigenvalue weighted by Gasteiger charge is -2.14. The molecular weight excluding hydrogens is 384 g/mol. The monoisotopic (exact) mass is 404 g/mol. The fraction of sp³-hybridized carbons (Fsp3) is 0.182. The molecule has 1 heterocycles. The van der Waals surface area contributed by atoms with E-state index in [9.17, 15) is 20.0 Å². The van der Waals surface area contributed by atoms with E-state index in [0.29, 0.717) is 16.8 Å². The maximum absolute atomic E-state index is 12.2. The number of amides is 1. The second-order valence-electron chi connectivity index (χ2n) is 6.66. The van der Waals surface area contributed by atoms with Gasteiger partial charge in [-0.2, -0.15) is 5.26 Å². The van der Waals surface area contributed by atoms with Gasteiger partial charge in [0.15, 0.2) is 17.7 Å². The number of benzene rings is 2. The molecule has 8 heteroatoms. The third kappa shape index (κ3) is 4.83. The van der Waals surface area contributed by atoms with E-state index in [1.54, 1.807) is 36.4 Å². The minimum Gasteiger partial charge on any atom is -0.507 e. The number of aromatic nitrogens is 2. The average Bonchev–Trinajstić information content (AvgIpc) is 3.13. The van der Waals surface area contributed by atoms with Crippen molar-refractivity contribution in [1.82, 2.24) is 9.97 Å². The molecule has 3 rings (SSSR count). The Kier molecular flexibility index (Phi) is 6.13. The van der Waals surface area contributed by atoms with Gasteiger partial charge < -0.3 is 20.1 Å². The zero-order chi connectivity index (χ0) is 21.7. The summed E-state index contributed by atoms with van der Waals surface area (Å²) < 4.78 is 5.28. The molecule has 3 aromatic rings. The normalized spacial score (nSPS) is 12.6. The number of aliphatic hydroxyl groups excluding tert-OH is 1. The van der Waals surface area contributed by atoms with Gasteiger partial charge in [0, 0.05) is 12.6 Å². The van der Waals surface area contributed by atoms with Gasteiger partial charge in [-0.25, -0.2) is 4.98 Å². The van der Waals surface area contributed by atoms with E-state index in [4.69, 9.17) is 4.74 Å². The molecule has 0 bridgehead atoms. The van der Waals surface area contributed by atoms with Gasteiger partial charge in [0.1, 0.15) is 11.6 Å². The number of allylic oxidation sites excluding steroid dienone is 1. The number of H-pyrrole nitrogens is 1. The molecule has 0 unspecified atom stereocenters. The first kappa shape index (κ1) is 20.6. The zero-order valence-corrected chi connectivity index (χ0v) is 16.5. The first-order chi connectivity index (χ1) is 14.4. The Bertz CT molecular complexity index is 1120. The Balaban J connectivity index is 1.70. The van der Waals surface area contributed by atoms with Crippen molar-refractivity contribution in [2.24, 2.45) is 0 Å². The summed E-state index contributed by atoms with van der Waals surface area (Å²) in [4.78, 5) is 30.6. The minimum atomic E-state index is -1.03. The predicted molar refractivity (Wildman–Crippen MR) is 111 cm³/mol. The summed E-state index contributed by atoms with van der Waals surface area (Å²) in [6.45, 7) is 2.89. The number of aromatic amines is 1. The standard InChI is InChI=1S/C22H20N4O4/c1-13(30-20(28)11-15-7-9-16(10-8-15)24-14(2)27)21(29)17(12-23)22-25-18-5-3-4-6-19(18)26-22/h3-10,13,29H,11H2,1-2H3,(H,24,27)(H,25,26)/b21-17-/t13-/m0/s1. The molecular formula is C22H20N4O4. The summed E-state index contributed by atoms with van der Waals surface area (Å²) in [7, 11) is 0. The Morgan fingerprint density at radius 3 is 2.57 bits per heavy atom. The van der Waals surface area contributed by atoms with Gasteiger partial charge in [0.2, 0.25) is 5.91 Å². The van der Waals surface area contributed by atoms with Gasteiger partial charge in [-0.1, -0.05) is 24.3 Å². The molecule has 1 amide bonds. The van der Waals surface area contributed by atoms with E-state index in [-0.39, 0.29) is 29.5 Å².